The average molecular weight is 394 g/mol. The zero-order valence-corrected chi connectivity index (χ0v) is 14.8. The molecule has 0 atom stereocenters. The number of rotatable bonds is 0. The van der Waals surface area contributed by atoms with Crippen molar-refractivity contribution >= 4 is 21.8 Å². The standard InChI is InChI=1S/2C9H7NO.CH5N2.Co/c2*11-8-5-1-3-7-4-2-6-10-9(7)8;2-1-3;/h2*1-6,11H;1H,2-3H2;/q;;-1;. The smallest absolute Gasteiger partial charge is 0.141 e. The molecule has 26 heavy (non-hydrogen) atoms. The number of aromatic nitrogens is 2. The number of benzene rings is 2. The molecule has 6 nitrogen and oxygen atoms in total. The molecule has 7 heteroatoms. The minimum atomic E-state index is 0. The van der Waals surface area contributed by atoms with E-state index in [1.54, 1.807) is 36.7 Å². The van der Waals surface area contributed by atoms with Crippen molar-refractivity contribution < 1.29 is 27.0 Å². The van der Waals surface area contributed by atoms with Gasteiger partial charge in [-0.2, -0.15) is 0 Å². The monoisotopic (exact) mass is 394 g/mol. The summed E-state index contributed by atoms with van der Waals surface area (Å²) in [7, 11) is 0. The van der Waals surface area contributed by atoms with Gasteiger partial charge in [0, 0.05) is 39.9 Å². The maximum atomic E-state index is 9.31. The van der Waals surface area contributed by atoms with Crippen molar-refractivity contribution in [1.82, 2.24) is 9.97 Å². The van der Waals surface area contributed by atoms with E-state index in [9.17, 15) is 10.2 Å². The summed E-state index contributed by atoms with van der Waals surface area (Å²) in [4.78, 5) is 8.06. The van der Waals surface area contributed by atoms with Gasteiger partial charge in [0.2, 0.25) is 0 Å². The molecule has 0 saturated heterocycles. The van der Waals surface area contributed by atoms with Gasteiger partial charge in [0.05, 0.1) is 0 Å². The quantitative estimate of drug-likeness (QED) is 0.341. The fraction of sp³-hybridized carbons (Fsp3) is 0. The van der Waals surface area contributed by atoms with Crippen LogP contribution in [-0.2, 0) is 16.8 Å². The molecule has 137 valence electrons. The van der Waals surface area contributed by atoms with E-state index in [-0.39, 0.29) is 28.3 Å². The van der Waals surface area contributed by atoms with E-state index in [1.807, 2.05) is 36.4 Å². The number of nitrogens with zero attached hydrogens (tertiary/aromatic N) is 2. The molecule has 0 unspecified atom stereocenters. The summed E-state index contributed by atoms with van der Waals surface area (Å²) in [6.45, 7) is 1.00. The zero-order valence-electron chi connectivity index (χ0n) is 13.8. The summed E-state index contributed by atoms with van der Waals surface area (Å²) in [6.07, 6.45) is 3.34. The third kappa shape index (κ3) is 5.68. The Labute approximate surface area is 161 Å². The summed E-state index contributed by atoms with van der Waals surface area (Å²) in [5.74, 6) is 0.478. The van der Waals surface area contributed by atoms with Crippen LogP contribution in [0.1, 0.15) is 0 Å². The molecule has 2 heterocycles. The van der Waals surface area contributed by atoms with E-state index in [0.717, 1.165) is 17.4 Å². The molecule has 0 spiro atoms. The van der Waals surface area contributed by atoms with Gasteiger partial charge in [-0.1, -0.05) is 36.4 Å². The van der Waals surface area contributed by atoms with Crippen molar-refractivity contribution in [1.29, 1.82) is 0 Å². The van der Waals surface area contributed by atoms with Gasteiger partial charge in [-0.15, -0.1) is 0 Å². The number of fused-ring (bicyclic) bond motifs is 2. The first kappa shape index (κ1) is 21.3. The molecule has 4 aromatic rings. The van der Waals surface area contributed by atoms with E-state index >= 15 is 0 Å². The number of hydrogen-bond acceptors (Lipinski definition) is 6. The van der Waals surface area contributed by atoms with Crippen LogP contribution < -0.4 is 11.5 Å². The SMILES string of the molecule is N[CH-]N.Oc1cccc2cccnc12.Oc1cccc2cccnc12.[Co]. The third-order valence-corrected chi connectivity index (χ3v) is 3.22. The predicted octanol–water partition coefficient (Wildman–Crippen LogP) is 2.90. The Bertz CT molecular complexity index is 863. The molecule has 0 aliphatic heterocycles. The number of hydrogen-bond donors (Lipinski definition) is 4. The summed E-state index contributed by atoms with van der Waals surface area (Å²) in [6, 6.07) is 18.3. The van der Waals surface area contributed by atoms with Gasteiger partial charge in [0.1, 0.15) is 22.5 Å². The number of nitrogens with two attached hydrogens (primary N) is 2. The van der Waals surface area contributed by atoms with Gasteiger partial charge in [-0.05, 0) is 24.3 Å². The normalized spacial score (nSPS) is 9.31. The Hall–Kier alpha value is -2.71. The maximum Gasteiger partial charge on any atom is 0.141 e. The largest absolute Gasteiger partial charge is 0.506 e. The van der Waals surface area contributed by atoms with Crippen LogP contribution in [0.25, 0.3) is 21.8 Å². The fourth-order valence-corrected chi connectivity index (χ4v) is 2.18. The average Bonchev–Trinajstić information content (AvgIpc) is 2.64. The van der Waals surface area contributed by atoms with Crippen molar-refractivity contribution in [2.24, 2.45) is 11.5 Å². The van der Waals surface area contributed by atoms with Crippen LogP contribution >= 0.6 is 0 Å². The Morgan fingerprint density at radius 3 is 1.35 bits per heavy atom. The molecule has 2 aromatic heterocycles. The molecule has 0 saturated carbocycles. The molecule has 1 radical (unpaired) electrons. The Kier molecular flexibility index (Phi) is 9.03. The van der Waals surface area contributed by atoms with E-state index in [1.165, 1.54) is 0 Å². The van der Waals surface area contributed by atoms with Crippen LogP contribution in [0.2, 0.25) is 0 Å². The number of pyridine rings is 2. The second kappa shape index (κ2) is 11.0. The van der Waals surface area contributed by atoms with E-state index in [2.05, 4.69) is 21.4 Å². The number of phenolic OH excluding ortho intramolecular Hbond substituents is 2. The fourth-order valence-electron chi connectivity index (χ4n) is 2.18. The summed E-state index contributed by atoms with van der Waals surface area (Å²) in [5.41, 5.74) is 10.3. The van der Waals surface area contributed by atoms with E-state index in [0.29, 0.717) is 11.0 Å². The molecule has 0 amide bonds. The molecule has 0 fully saturated rings. The first-order valence-electron chi connectivity index (χ1n) is 7.48. The van der Waals surface area contributed by atoms with Gasteiger partial charge in [0.15, 0.2) is 0 Å². The van der Waals surface area contributed by atoms with Gasteiger partial charge >= 0.3 is 0 Å². The van der Waals surface area contributed by atoms with Gasteiger partial charge in [-0.3, -0.25) is 9.97 Å². The van der Waals surface area contributed by atoms with Gasteiger partial charge in [0.25, 0.3) is 0 Å². The molecule has 6 N–H and O–H groups in total. The van der Waals surface area contributed by atoms with Crippen molar-refractivity contribution in [2.75, 3.05) is 0 Å². The molecule has 0 bridgehead atoms. The first-order valence-corrected chi connectivity index (χ1v) is 7.48. The third-order valence-electron chi connectivity index (χ3n) is 3.22. The number of para-hydroxylation sites is 2. The Morgan fingerprint density at radius 1 is 0.654 bits per heavy atom. The second-order valence-electron chi connectivity index (χ2n) is 4.90. The predicted molar refractivity (Wildman–Crippen MR) is 99.5 cm³/mol. The zero-order chi connectivity index (χ0) is 18.1. The van der Waals surface area contributed by atoms with Crippen molar-refractivity contribution in [2.45, 2.75) is 0 Å². The summed E-state index contributed by atoms with van der Waals surface area (Å²) < 4.78 is 0. The topological polar surface area (TPSA) is 118 Å². The van der Waals surface area contributed by atoms with Crippen LogP contribution in [0, 0.1) is 6.67 Å². The van der Waals surface area contributed by atoms with Crippen LogP contribution in [0.3, 0.4) is 0 Å². The van der Waals surface area contributed by atoms with Crippen molar-refractivity contribution in [3.05, 3.63) is 79.7 Å². The molecular formula is C19H19CoN4O2-. The van der Waals surface area contributed by atoms with Crippen LogP contribution in [0.4, 0.5) is 0 Å². The molecule has 0 aliphatic rings. The minimum absolute atomic E-state index is 0. The Morgan fingerprint density at radius 2 is 1.00 bits per heavy atom. The number of phenols is 2. The van der Waals surface area contributed by atoms with Gasteiger partial charge < -0.3 is 21.7 Å². The summed E-state index contributed by atoms with van der Waals surface area (Å²) in [5, 5.41) is 20.5. The molecule has 4 rings (SSSR count). The number of aromatic hydroxyl groups is 2. The van der Waals surface area contributed by atoms with Gasteiger partial charge in [-0.25, -0.2) is 6.67 Å². The second-order valence-corrected chi connectivity index (χ2v) is 4.90. The van der Waals surface area contributed by atoms with Crippen molar-refractivity contribution in [3.63, 3.8) is 0 Å². The van der Waals surface area contributed by atoms with Crippen LogP contribution in [-0.4, -0.2) is 20.2 Å². The minimum Gasteiger partial charge on any atom is -0.506 e. The van der Waals surface area contributed by atoms with Crippen LogP contribution in [0.5, 0.6) is 11.5 Å². The summed E-state index contributed by atoms with van der Waals surface area (Å²) >= 11 is 0. The molecular weight excluding hydrogens is 375 g/mol. The van der Waals surface area contributed by atoms with Crippen LogP contribution in [0.15, 0.2) is 73.1 Å². The van der Waals surface area contributed by atoms with E-state index < -0.39 is 0 Å². The Balaban J connectivity index is 0.000000219. The maximum absolute atomic E-state index is 9.31. The van der Waals surface area contributed by atoms with Crippen molar-refractivity contribution in [3.8, 4) is 11.5 Å². The molecule has 0 aliphatic carbocycles. The molecule has 2 aromatic carbocycles. The first-order chi connectivity index (χ1) is 12.2. The van der Waals surface area contributed by atoms with E-state index in [4.69, 9.17) is 0 Å².